The molecule has 1 heterocycles. The van der Waals surface area contributed by atoms with Crippen molar-refractivity contribution in [3.05, 3.63) is 48.0 Å². The maximum atomic E-state index is 9.70. The number of hydrogen-bond acceptors (Lipinski definition) is 3. The van der Waals surface area contributed by atoms with Gasteiger partial charge in [-0.25, -0.2) is 4.98 Å². The van der Waals surface area contributed by atoms with Gasteiger partial charge in [-0.2, -0.15) is 0 Å². The molecule has 0 aliphatic carbocycles. The Kier molecular flexibility index (Phi) is 4.58. The van der Waals surface area contributed by atoms with E-state index in [-0.39, 0.29) is 6.10 Å². The van der Waals surface area contributed by atoms with Crippen molar-refractivity contribution in [3.8, 4) is 5.75 Å². The van der Waals surface area contributed by atoms with Crippen LogP contribution in [0.5, 0.6) is 5.75 Å². The van der Waals surface area contributed by atoms with E-state index in [1.54, 1.807) is 6.20 Å². The highest BCUT2D eigenvalue weighted by Gasteiger charge is 2.04. The first-order valence-electron chi connectivity index (χ1n) is 6.57. The van der Waals surface area contributed by atoms with Gasteiger partial charge in [0, 0.05) is 25.9 Å². The molecular formula is C15H20N2O2. The van der Waals surface area contributed by atoms with E-state index in [0.717, 1.165) is 30.0 Å². The first-order chi connectivity index (χ1) is 9.20. The molecule has 1 aromatic heterocycles. The summed E-state index contributed by atoms with van der Waals surface area (Å²) in [5.74, 6) is 1.83. The summed E-state index contributed by atoms with van der Waals surface area (Å²) in [4.78, 5) is 4.25. The van der Waals surface area contributed by atoms with Gasteiger partial charge < -0.3 is 14.4 Å². The summed E-state index contributed by atoms with van der Waals surface area (Å²) >= 11 is 0. The monoisotopic (exact) mass is 260 g/mol. The number of benzene rings is 1. The SMILES string of the molecule is CC[C@@H](O)c1ccc(OCCc2nccn2C)cc1. The van der Waals surface area contributed by atoms with Crippen molar-refractivity contribution in [2.45, 2.75) is 25.9 Å². The van der Waals surface area contributed by atoms with Crippen LogP contribution >= 0.6 is 0 Å². The smallest absolute Gasteiger partial charge is 0.119 e. The van der Waals surface area contributed by atoms with Gasteiger partial charge in [0.2, 0.25) is 0 Å². The van der Waals surface area contributed by atoms with Crippen LogP contribution in [0.4, 0.5) is 0 Å². The van der Waals surface area contributed by atoms with E-state index in [0.29, 0.717) is 6.61 Å². The summed E-state index contributed by atoms with van der Waals surface area (Å²) < 4.78 is 7.66. The Morgan fingerprint density at radius 2 is 2.05 bits per heavy atom. The molecule has 0 saturated heterocycles. The molecule has 1 aromatic carbocycles. The molecule has 2 rings (SSSR count). The van der Waals surface area contributed by atoms with Gasteiger partial charge in [0.1, 0.15) is 11.6 Å². The summed E-state index contributed by atoms with van der Waals surface area (Å²) in [5.41, 5.74) is 0.930. The number of aliphatic hydroxyl groups excluding tert-OH is 1. The van der Waals surface area contributed by atoms with Gasteiger partial charge >= 0.3 is 0 Å². The molecule has 1 N–H and O–H groups in total. The van der Waals surface area contributed by atoms with Crippen molar-refractivity contribution >= 4 is 0 Å². The molecule has 0 aliphatic rings. The molecule has 0 spiro atoms. The average Bonchev–Trinajstić information content (AvgIpc) is 2.84. The van der Waals surface area contributed by atoms with Crippen LogP contribution in [0.2, 0.25) is 0 Å². The number of ether oxygens (including phenoxy) is 1. The van der Waals surface area contributed by atoms with Crippen molar-refractivity contribution < 1.29 is 9.84 Å². The highest BCUT2D eigenvalue weighted by atomic mass is 16.5. The van der Waals surface area contributed by atoms with Crippen LogP contribution in [0.3, 0.4) is 0 Å². The summed E-state index contributed by atoms with van der Waals surface area (Å²) in [5, 5.41) is 9.70. The number of aryl methyl sites for hydroxylation is 1. The lowest BCUT2D eigenvalue weighted by Crippen LogP contribution is -2.06. The molecule has 102 valence electrons. The van der Waals surface area contributed by atoms with Crippen molar-refractivity contribution in [1.82, 2.24) is 9.55 Å². The Morgan fingerprint density at radius 1 is 1.32 bits per heavy atom. The molecule has 0 aliphatic heterocycles. The van der Waals surface area contributed by atoms with Crippen molar-refractivity contribution in [2.24, 2.45) is 7.05 Å². The molecular weight excluding hydrogens is 240 g/mol. The molecule has 0 fully saturated rings. The van der Waals surface area contributed by atoms with Gasteiger partial charge in [-0.1, -0.05) is 19.1 Å². The van der Waals surface area contributed by atoms with Gasteiger partial charge in [0.25, 0.3) is 0 Å². The number of aromatic nitrogens is 2. The second-order valence-electron chi connectivity index (χ2n) is 4.55. The predicted octanol–water partition coefficient (Wildman–Crippen LogP) is 2.49. The van der Waals surface area contributed by atoms with Crippen LogP contribution < -0.4 is 4.74 Å². The molecule has 0 unspecified atom stereocenters. The van der Waals surface area contributed by atoms with Crippen LogP contribution in [0.15, 0.2) is 36.7 Å². The van der Waals surface area contributed by atoms with E-state index >= 15 is 0 Å². The topological polar surface area (TPSA) is 47.3 Å². The maximum absolute atomic E-state index is 9.70. The molecule has 0 radical (unpaired) electrons. The summed E-state index contributed by atoms with van der Waals surface area (Å²) in [6, 6.07) is 7.60. The largest absolute Gasteiger partial charge is 0.493 e. The van der Waals surface area contributed by atoms with Crippen LogP contribution in [-0.4, -0.2) is 21.3 Å². The fraction of sp³-hybridized carbons (Fsp3) is 0.400. The van der Waals surface area contributed by atoms with E-state index < -0.39 is 0 Å². The second kappa shape index (κ2) is 6.38. The van der Waals surface area contributed by atoms with E-state index in [9.17, 15) is 5.11 Å². The third-order valence-electron chi connectivity index (χ3n) is 3.17. The molecule has 0 bridgehead atoms. The standard InChI is InChI=1S/C15H20N2O2/c1-3-14(18)12-4-6-13(7-5-12)19-11-8-15-16-9-10-17(15)2/h4-7,9-10,14,18H,3,8,11H2,1-2H3/t14-/m1/s1. The lowest BCUT2D eigenvalue weighted by molar-refractivity contribution is 0.173. The van der Waals surface area contributed by atoms with E-state index in [1.165, 1.54) is 0 Å². The van der Waals surface area contributed by atoms with E-state index in [4.69, 9.17) is 4.74 Å². The number of imidazole rings is 1. The maximum Gasteiger partial charge on any atom is 0.119 e. The molecule has 2 aromatic rings. The average molecular weight is 260 g/mol. The Bertz CT molecular complexity index is 505. The molecule has 0 amide bonds. The first kappa shape index (κ1) is 13.6. The zero-order valence-corrected chi connectivity index (χ0v) is 11.4. The second-order valence-corrected chi connectivity index (χ2v) is 4.55. The Hall–Kier alpha value is -1.81. The quantitative estimate of drug-likeness (QED) is 0.868. The minimum absolute atomic E-state index is 0.387. The fourth-order valence-electron chi connectivity index (χ4n) is 1.92. The molecule has 4 nitrogen and oxygen atoms in total. The minimum atomic E-state index is -0.387. The molecule has 19 heavy (non-hydrogen) atoms. The van der Waals surface area contributed by atoms with Crippen molar-refractivity contribution in [2.75, 3.05) is 6.61 Å². The normalized spacial score (nSPS) is 12.4. The third-order valence-corrected chi connectivity index (χ3v) is 3.17. The van der Waals surface area contributed by atoms with Gasteiger partial charge in [-0.3, -0.25) is 0 Å². The fourth-order valence-corrected chi connectivity index (χ4v) is 1.92. The lowest BCUT2D eigenvalue weighted by atomic mass is 10.1. The van der Waals surface area contributed by atoms with Gasteiger partial charge in [-0.05, 0) is 24.1 Å². The molecule has 1 atom stereocenters. The van der Waals surface area contributed by atoms with Crippen LogP contribution in [0.1, 0.15) is 30.8 Å². The number of rotatable bonds is 6. The minimum Gasteiger partial charge on any atom is -0.493 e. The summed E-state index contributed by atoms with van der Waals surface area (Å²) in [7, 11) is 1.98. The lowest BCUT2D eigenvalue weighted by Gasteiger charge is -2.10. The van der Waals surface area contributed by atoms with E-state index in [2.05, 4.69) is 4.98 Å². The Morgan fingerprint density at radius 3 is 2.63 bits per heavy atom. The van der Waals surface area contributed by atoms with Crippen molar-refractivity contribution in [3.63, 3.8) is 0 Å². The van der Waals surface area contributed by atoms with Crippen LogP contribution in [0, 0.1) is 0 Å². The van der Waals surface area contributed by atoms with Gasteiger partial charge in [0.15, 0.2) is 0 Å². The third kappa shape index (κ3) is 3.58. The summed E-state index contributed by atoms with van der Waals surface area (Å²) in [6.07, 6.45) is 4.83. The number of hydrogen-bond donors (Lipinski definition) is 1. The number of aliphatic hydroxyl groups is 1. The highest BCUT2D eigenvalue weighted by Crippen LogP contribution is 2.19. The highest BCUT2D eigenvalue weighted by molar-refractivity contribution is 5.28. The van der Waals surface area contributed by atoms with Gasteiger partial charge in [0.05, 0.1) is 12.7 Å². The summed E-state index contributed by atoms with van der Waals surface area (Å²) in [6.45, 7) is 2.56. The van der Waals surface area contributed by atoms with Crippen LogP contribution in [-0.2, 0) is 13.5 Å². The first-order valence-corrected chi connectivity index (χ1v) is 6.57. The van der Waals surface area contributed by atoms with E-state index in [1.807, 2.05) is 49.0 Å². The molecule has 4 heteroatoms. The van der Waals surface area contributed by atoms with Crippen molar-refractivity contribution in [1.29, 1.82) is 0 Å². The Labute approximate surface area is 113 Å². The zero-order valence-electron chi connectivity index (χ0n) is 11.4. The Balaban J connectivity index is 1.85. The zero-order chi connectivity index (χ0) is 13.7. The predicted molar refractivity (Wildman–Crippen MR) is 74.1 cm³/mol. The number of nitrogens with zero attached hydrogens (tertiary/aromatic N) is 2. The van der Waals surface area contributed by atoms with Gasteiger partial charge in [-0.15, -0.1) is 0 Å². The molecule has 0 saturated carbocycles. The van der Waals surface area contributed by atoms with Crippen LogP contribution in [0.25, 0.3) is 0 Å².